The van der Waals surface area contributed by atoms with Gasteiger partial charge in [-0.15, -0.1) is 0 Å². The summed E-state index contributed by atoms with van der Waals surface area (Å²) in [5.41, 5.74) is 2.07. The van der Waals surface area contributed by atoms with Crippen LogP contribution in [0.5, 0.6) is 5.75 Å². The highest BCUT2D eigenvalue weighted by molar-refractivity contribution is 5.79. The van der Waals surface area contributed by atoms with Crippen LogP contribution in [0.1, 0.15) is 24.1 Å². The second-order valence-corrected chi connectivity index (χ2v) is 3.92. The first kappa shape index (κ1) is 11.9. The van der Waals surface area contributed by atoms with Crippen LogP contribution in [-0.2, 0) is 16.0 Å². The maximum absolute atomic E-state index is 11.8. The lowest BCUT2D eigenvalue weighted by Crippen LogP contribution is -2.36. The number of fused-ring (bicyclic) bond motifs is 1. The van der Waals surface area contributed by atoms with Crippen LogP contribution in [-0.4, -0.2) is 26.2 Å². The van der Waals surface area contributed by atoms with E-state index in [4.69, 9.17) is 9.47 Å². The molecule has 0 radical (unpaired) electrons. The number of methoxy groups -OCH3 is 1. The molecule has 0 aliphatic carbocycles. The standard InChI is InChI=1S/C13H17NO3/c1-3-17-13(15)12-10-5-4-6-11(16-2)9(10)7-8-14-12/h4-6,12,14H,3,7-8H2,1-2H3. The third-order valence-electron chi connectivity index (χ3n) is 2.95. The van der Waals surface area contributed by atoms with Gasteiger partial charge in [-0.25, -0.2) is 4.79 Å². The Morgan fingerprint density at radius 3 is 3.06 bits per heavy atom. The molecule has 0 bridgehead atoms. The van der Waals surface area contributed by atoms with Crippen LogP contribution >= 0.6 is 0 Å². The van der Waals surface area contributed by atoms with E-state index in [0.717, 1.165) is 29.8 Å². The largest absolute Gasteiger partial charge is 0.496 e. The van der Waals surface area contributed by atoms with Gasteiger partial charge in [-0.05, 0) is 25.0 Å². The molecule has 0 saturated carbocycles. The smallest absolute Gasteiger partial charge is 0.327 e. The number of rotatable bonds is 3. The molecule has 0 aromatic heterocycles. The summed E-state index contributed by atoms with van der Waals surface area (Å²) in [4.78, 5) is 11.8. The van der Waals surface area contributed by atoms with E-state index in [0.29, 0.717) is 6.61 Å². The van der Waals surface area contributed by atoms with E-state index in [-0.39, 0.29) is 12.0 Å². The molecular weight excluding hydrogens is 218 g/mol. The quantitative estimate of drug-likeness (QED) is 0.805. The van der Waals surface area contributed by atoms with E-state index in [1.165, 1.54) is 0 Å². The molecule has 4 heteroatoms. The van der Waals surface area contributed by atoms with E-state index in [1.54, 1.807) is 7.11 Å². The highest BCUT2D eigenvalue weighted by Gasteiger charge is 2.28. The molecule has 4 nitrogen and oxygen atoms in total. The van der Waals surface area contributed by atoms with Gasteiger partial charge in [0.2, 0.25) is 0 Å². The van der Waals surface area contributed by atoms with Crippen LogP contribution in [0.15, 0.2) is 18.2 Å². The lowest BCUT2D eigenvalue weighted by molar-refractivity contribution is -0.146. The SMILES string of the molecule is CCOC(=O)C1NCCc2c(OC)cccc21. The number of nitrogens with one attached hydrogen (secondary N) is 1. The Labute approximate surface area is 101 Å². The fourth-order valence-electron chi connectivity index (χ4n) is 2.20. The summed E-state index contributed by atoms with van der Waals surface area (Å²) in [6, 6.07) is 5.41. The summed E-state index contributed by atoms with van der Waals surface area (Å²) in [5, 5.41) is 3.18. The molecular formula is C13H17NO3. The zero-order chi connectivity index (χ0) is 12.3. The number of carbonyl (C=O) groups excluding carboxylic acids is 1. The zero-order valence-corrected chi connectivity index (χ0v) is 10.2. The number of hydrogen-bond acceptors (Lipinski definition) is 4. The Morgan fingerprint density at radius 2 is 2.35 bits per heavy atom. The summed E-state index contributed by atoms with van der Waals surface area (Å²) >= 11 is 0. The van der Waals surface area contributed by atoms with E-state index in [2.05, 4.69) is 5.32 Å². The molecule has 2 rings (SSSR count). The van der Waals surface area contributed by atoms with Crippen LogP contribution in [0.2, 0.25) is 0 Å². The Balaban J connectivity index is 2.34. The van der Waals surface area contributed by atoms with Crippen molar-refractivity contribution in [3.05, 3.63) is 29.3 Å². The second-order valence-electron chi connectivity index (χ2n) is 3.92. The molecule has 1 heterocycles. The Morgan fingerprint density at radius 1 is 1.53 bits per heavy atom. The average molecular weight is 235 g/mol. The molecule has 1 N–H and O–H groups in total. The van der Waals surface area contributed by atoms with Crippen molar-refractivity contribution in [1.29, 1.82) is 0 Å². The fraction of sp³-hybridized carbons (Fsp3) is 0.462. The van der Waals surface area contributed by atoms with Crippen molar-refractivity contribution in [2.24, 2.45) is 0 Å². The Hall–Kier alpha value is -1.55. The van der Waals surface area contributed by atoms with Crippen molar-refractivity contribution in [2.75, 3.05) is 20.3 Å². The molecule has 17 heavy (non-hydrogen) atoms. The van der Waals surface area contributed by atoms with E-state index < -0.39 is 0 Å². The van der Waals surface area contributed by atoms with Crippen LogP contribution in [0.4, 0.5) is 0 Å². The van der Waals surface area contributed by atoms with Gasteiger partial charge in [0.1, 0.15) is 11.8 Å². The number of ether oxygens (including phenoxy) is 2. The minimum Gasteiger partial charge on any atom is -0.496 e. The van der Waals surface area contributed by atoms with Crippen molar-refractivity contribution in [2.45, 2.75) is 19.4 Å². The number of hydrogen-bond donors (Lipinski definition) is 1. The molecule has 1 atom stereocenters. The van der Waals surface area contributed by atoms with Gasteiger partial charge in [0.15, 0.2) is 0 Å². The molecule has 1 aromatic carbocycles. The Kier molecular flexibility index (Phi) is 3.64. The van der Waals surface area contributed by atoms with Crippen LogP contribution in [0.3, 0.4) is 0 Å². The summed E-state index contributed by atoms with van der Waals surface area (Å²) in [7, 11) is 1.65. The first-order valence-corrected chi connectivity index (χ1v) is 5.83. The van der Waals surface area contributed by atoms with Crippen molar-refractivity contribution >= 4 is 5.97 Å². The summed E-state index contributed by atoms with van der Waals surface area (Å²) in [6.07, 6.45) is 0.870. The zero-order valence-electron chi connectivity index (χ0n) is 10.2. The van der Waals surface area contributed by atoms with E-state index in [1.807, 2.05) is 25.1 Å². The monoisotopic (exact) mass is 235 g/mol. The van der Waals surface area contributed by atoms with Gasteiger partial charge in [-0.2, -0.15) is 0 Å². The predicted molar refractivity (Wildman–Crippen MR) is 64.1 cm³/mol. The minimum absolute atomic E-state index is 0.221. The fourth-order valence-corrected chi connectivity index (χ4v) is 2.20. The molecule has 1 aliphatic heterocycles. The summed E-state index contributed by atoms with van der Waals surface area (Å²) in [6.45, 7) is 2.97. The molecule has 1 unspecified atom stereocenters. The molecule has 0 amide bonds. The number of carbonyl (C=O) groups is 1. The number of esters is 1. The van der Waals surface area contributed by atoms with Crippen molar-refractivity contribution < 1.29 is 14.3 Å². The summed E-state index contributed by atoms with van der Waals surface area (Å²) in [5.74, 6) is 0.625. The predicted octanol–water partition coefficient (Wildman–Crippen LogP) is 1.45. The first-order chi connectivity index (χ1) is 8.27. The third kappa shape index (κ3) is 2.26. The first-order valence-electron chi connectivity index (χ1n) is 5.83. The number of benzene rings is 1. The van der Waals surface area contributed by atoms with Gasteiger partial charge in [-0.1, -0.05) is 12.1 Å². The molecule has 92 valence electrons. The highest BCUT2D eigenvalue weighted by atomic mass is 16.5. The van der Waals surface area contributed by atoms with Gasteiger partial charge < -0.3 is 14.8 Å². The van der Waals surface area contributed by atoms with Crippen molar-refractivity contribution in [3.8, 4) is 5.75 Å². The Bertz CT molecular complexity index is 417. The second kappa shape index (κ2) is 5.19. The van der Waals surface area contributed by atoms with Crippen LogP contribution < -0.4 is 10.1 Å². The topological polar surface area (TPSA) is 47.6 Å². The molecule has 0 saturated heterocycles. The van der Waals surface area contributed by atoms with Gasteiger partial charge in [0.05, 0.1) is 13.7 Å². The van der Waals surface area contributed by atoms with Crippen LogP contribution in [0.25, 0.3) is 0 Å². The lowest BCUT2D eigenvalue weighted by Gasteiger charge is -2.26. The van der Waals surface area contributed by atoms with E-state index >= 15 is 0 Å². The van der Waals surface area contributed by atoms with Crippen LogP contribution in [0, 0.1) is 0 Å². The maximum Gasteiger partial charge on any atom is 0.327 e. The average Bonchev–Trinajstić information content (AvgIpc) is 2.37. The molecule has 0 fully saturated rings. The molecule has 1 aliphatic rings. The highest BCUT2D eigenvalue weighted by Crippen LogP contribution is 2.30. The van der Waals surface area contributed by atoms with Crippen molar-refractivity contribution in [1.82, 2.24) is 5.32 Å². The summed E-state index contributed by atoms with van der Waals surface area (Å²) < 4.78 is 10.4. The van der Waals surface area contributed by atoms with Gasteiger partial charge >= 0.3 is 5.97 Å². The van der Waals surface area contributed by atoms with Crippen molar-refractivity contribution in [3.63, 3.8) is 0 Å². The maximum atomic E-state index is 11.8. The van der Waals surface area contributed by atoms with E-state index in [9.17, 15) is 4.79 Å². The minimum atomic E-state index is -0.367. The normalized spacial score (nSPS) is 18.4. The third-order valence-corrected chi connectivity index (χ3v) is 2.95. The van der Waals surface area contributed by atoms with Gasteiger partial charge in [0.25, 0.3) is 0 Å². The molecule has 0 spiro atoms. The van der Waals surface area contributed by atoms with Gasteiger partial charge in [-0.3, -0.25) is 0 Å². The lowest BCUT2D eigenvalue weighted by atomic mass is 9.93. The molecule has 1 aromatic rings. The van der Waals surface area contributed by atoms with Gasteiger partial charge in [0, 0.05) is 12.1 Å².